The number of nitrogens with zero attached hydrogens (tertiary/aromatic N) is 1. The van der Waals surface area contributed by atoms with E-state index in [1.807, 2.05) is 36.4 Å². The molecule has 7 heteroatoms. The van der Waals surface area contributed by atoms with Crippen LogP contribution < -0.4 is 20.3 Å². The van der Waals surface area contributed by atoms with Crippen molar-refractivity contribution in [3.05, 3.63) is 105 Å². The fourth-order valence-corrected chi connectivity index (χ4v) is 4.46. The molecule has 0 bridgehead atoms. The normalized spacial score (nSPS) is 12.0. The summed E-state index contributed by atoms with van der Waals surface area (Å²) in [6.07, 6.45) is 0.818. The lowest BCUT2D eigenvalue weighted by Crippen LogP contribution is -2.41. The summed E-state index contributed by atoms with van der Waals surface area (Å²) in [6.45, 7) is 3.98. The molecule has 6 nitrogen and oxygen atoms in total. The number of aromatic amines is 1. The molecule has 0 radical (unpaired) electrons. The molecule has 1 aliphatic rings. The van der Waals surface area contributed by atoms with Gasteiger partial charge in [0.2, 0.25) is 6.79 Å². The Kier molecular flexibility index (Phi) is 6.68. The monoisotopic (exact) mass is 485 g/mol. The Morgan fingerprint density at radius 2 is 1.77 bits per heavy atom. The average molecular weight is 486 g/mol. The number of pyridine rings is 1. The molecule has 0 spiro atoms. The number of hydrogen-bond acceptors (Lipinski definition) is 4. The number of hydrogen-bond donors (Lipinski definition) is 2. The number of ether oxygens (including phenoxy) is 2. The Bertz CT molecular complexity index is 1420. The lowest BCUT2D eigenvalue weighted by Gasteiger charge is -2.26. The van der Waals surface area contributed by atoms with Crippen LogP contribution in [0.2, 0.25) is 0 Å². The quantitative estimate of drug-likeness (QED) is 0.371. The SMILES string of the molecule is Cc1cccc(CCN(Cc2cc3cc4c(cc3[nH]c2=O)OCO4)C(=S)NCc2ccccc2)c1. The number of nitrogens with one attached hydrogen (secondary N) is 2. The van der Waals surface area contributed by atoms with Crippen LogP contribution in [-0.2, 0) is 19.5 Å². The molecule has 35 heavy (non-hydrogen) atoms. The first kappa shape index (κ1) is 22.9. The van der Waals surface area contributed by atoms with Gasteiger partial charge in [-0.15, -0.1) is 0 Å². The third-order valence-electron chi connectivity index (χ3n) is 6.10. The minimum atomic E-state index is -0.136. The topological polar surface area (TPSA) is 66.6 Å². The van der Waals surface area contributed by atoms with E-state index in [-0.39, 0.29) is 12.4 Å². The smallest absolute Gasteiger partial charge is 0.253 e. The van der Waals surface area contributed by atoms with Gasteiger partial charge in [-0.1, -0.05) is 60.2 Å². The Balaban J connectivity index is 1.38. The van der Waals surface area contributed by atoms with Crippen molar-refractivity contribution in [3.63, 3.8) is 0 Å². The van der Waals surface area contributed by atoms with Crippen molar-refractivity contribution in [2.24, 2.45) is 0 Å². The van der Waals surface area contributed by atoms with Gasteiger partial charge in [0.15, 0.2) is 16.6 Å². The summed E-state index contributed by atoms with van der Waals surface area (Å²) >= 11 is 5.79. The molecule has 0 fully saturated rings. The first-order chi connectivity index (χ1) is 17.0. The van der Waals surface area contributed by atoms with Gasteiger partial charge in [-0.25, -0.2) is 0 Å². The molecule has 3 aromatic carbocycles. The van der Waals surface area contributed by atoms with Gasteiger partial charge >= 0.3 is 0 Å². The molecule has 0 aliphatic carbocycles. The lowest BCUT2D eigenvalue weighted by atomic mass is 10.1. The van der Waals surface area contributed by atoms with Gasteiger partial charge in [-0.3, -0.25) is 4.79 Å². The van der Waals surface area contributed by atoms with Gasteiger partial charge in [0, 0.05) is 30.1 Å². The van der Waals surface area contributed by atoms with Gasteiger partial charge in [-0.05, 0) is 48.8 Å². The minimum Gasteiger partial charge on any atom is -0.454 e. The highest BCUT2D eigenvalue weighted by Crippen LogP contribution is 2.35. The molecule has 0 saturated carbocycles. The summed E-state index contributed by atoms with van der Waals surface area (Å²) < 4.78 is 11.0. The number of fused-ring (bicyclic) bond motifs is 2. The van der Waals surface area contributed by atoms with Gasteiger partial charge in [0.05, 0.1) is 12.1 Å². The van der Waals surface area contributed by atoms with Crippen LogP contribution >= 0.6 is 12.2 Å². The van der Waals surface area contributed by atoms with Crippen molar-refractivity contribution in [1.29, 1.82) is 0 Å². The predicted molar refractivity (Wildman–Crippen MR) is 142 cm³/mol. The molecule has 1 aromatic heterocycles. The van der Waals surface area contributed by atoms with Crippen molar-refractivity contribution < 1.29 is 9.47 Å². The van der Waals surface area contributed by atoms with Crippen LogP contribution in [0.25, 0.3) is 10.9 Å². The van der Waals surface area contributed by atoms with E-state index in [1.165, 1.54) is 11.1 Å². The zero-order valence-electron chi connectivity index (χ0n) is 19.5. The maximum Gasteiger partial charge on any atom is 0.253 e. The van der Waals surface area contributed by atoms with Crippen LogP contribution in [0.3, 0.4) is 0 Å². The first-order valence-electron chi connectivity index (χ1n) is 11.6. The fraction of sp³-hybridized carbons (Fsp3) is 0.214. The molecule has 2 heterocycles. The molecule has 5 rings (SSSR count). The Hall–Kier alpha value is -3.84. The number of aromatic nitrogens is 1. The molecule has 0 atom stereocenters. The van der Waals surface area contributed by atoms with Crippen molar-refractivity contribution in [2.75, 3.05) is 13.3 Å². The highest BCUT2D eigenvalue weighted by molar-refractivity contribution is 7.80. The summed E-state index contributed by atoms with van der Waals surface area (Å²) in [5.74, 6) is 1.33. The van der Waals surface area contributed by atoms with E-state index >= 15 is 0 Å². The predicted octanol–water partition coefficient (Wildman–Crippen LogP) is 4.68. The molecule has 178 valence electrons. The maximum absolute atomic E-state index is 13.0. The summed E-state index contributed by atoms with van der Waals surface area (Å²) in [5, 5.41) is 4.88. The van der Waals surface area contributed by atoms with Crippen LogP contribution in [0.1, 0.15) is 22.3 Å². The zero-order valence-corrected chi connectivity index (χ0v) is 20.4. The van der Waals surface area contributed by atoms with Gasteiger partial charge < -0.3 is 24.7 Å². The third kappa shape index (κ3) is 5.46. The van der Waals surface area contributed by atoms with Crippen LogP contribution in [0, 0.1) is 6.92 Å². The van der Waals surface area contributed by atoms with Crippen LogP contribution in [0.5, 0.6) is 11.5 Å². The second-order valence-electron chi connectivity index (χ2n) is 8.72. The van der Waals surface area contributed by atoms with Crippen molar-refractivity contribution in [2.45, 2.75) is 26.4 Å². The van der Waals surface area contributed by atoms with Crippen molar-refractivity contribution >= 4 is 28.2 Å². The van der Waals surface area contributed by atoms with E-state index in [1.54, 1.807) is 0 Å². The number of rotatable bonds is 7. The molecule has 0 unspecified atom stereocenters. The average Bonchev–Trinajstić information content (AvgIpc) is 3.32. The van der Waals surface area contributed by atoms with Crippen LogP contribution in [0.15, 0.2) is 77.6 Å². The summed E-state index contributed by atoms with van der Waals surface area (Å²) in [7, 11) is 0. The molecule has 0 amide bonds. The Morgan fingerprint density at radius 3 is 2.57 bits per heavy atom. The van der Waals surface area contributed by atoms with Crippen molar-refractivity contribution in [3.8, 4) is 11.5 Å². The summed E-state index contributed by atoms with van der Waals surface area (Å²) in [5.41, 5.74) is 4.84. The number of H-pyrrole nitrogens is 1. The van der Waals surface area contributed by atoms with E-state index in [2.05, 4.69) is 58.5 Å². The van der Waals surface area contributed by atoms with Gasteiger partial charge in [0.1, 0.15) is 0 Å². The highest BCUT2D eigenvalue weighted by atomic mass is 32.1. The molecular formula is C28H27N3O3S. The van der Waals surface area contributed by atoms with Crippen molar-refractivity contribution in [1.82, 2.24) is 15.2 Å². The fourth-order valence-electron chi connectivity index (χ4n) is 4.23. The third-order valence-corrected chi connectivity index (χ3v) is 6.50. The second kappa shape index (κ2) is 10.2. The minimum absolute atomic E-state index is 0.136. The molecule has 4 aromatic rings. The van der Waals surface area contributed by atoms with Crippen LogP contribution in [0.4, 0.5) is 0 Å². The van der Waals surface area contributed by atoms with Gasteiger partial charge in [-0.2, -0.15) is 0 Å². The summed E-state index contributed by atoms with van der Waals surface area (Å²) in [4.78, 5) is 18.0. The van der Waals surface area contributed by atoms with Gasteiger partial charge in [0.25, 0.3) is 5.56 Å². The second-order valence-corrected chi connectivity index (χ2v) is 9.11. The Labute approximate surface area is 209 Å². The lowest BCUT2D eigenvalue weighted by molar-refractivity contribution is 0.174. The number of benzene rings is 3. The summed E-state index contributed by atoms with van der Waals surface area (Å²) in [6, 6.07) is 24.2. The first-order valence-corrected chi connectivity index (χ1v) is 12.0. The van der Waals surface area contributed by atoms with E-state index in [0.717, 1.165) is 22.9 Å². The molecular weight excluding hydrogens is 458 g/mol. The molecule has 0 saturated heterocycles. The highest BCUT2D eigenvalue weighted by Gasteiger charge is 2.17. The number of aryl methyl sites for hydroxylation is 1. The maximum atomic E-state index is 13.0. The number of thiocarbonyl (C=S) groups is 1. The zero-order chi connectivity index (χ0) is 24.2. The van der Waals surface area contributed by atoms with E-state index in [4.69, 9.17) is 21.7 Å². The molecule has 1 aliphatic heterocycles. The van der Waals surface area contributed by atoms with Crippen LogP contribution in [-0.4, -0.2) is 28.3 Å². The van der Waals surface area contributed by atoms with E-state index < -0.39 is 0 Å². The molecule has 2 N–H and O–H groups in total. The largest absolute Gasteiger partial charge is 0.454 e. The van der Waals surface area contributed by atoms with E-state index in [0.29, 0.717) is 41.8 Å². The Morgan fingerprint density at radius 1 is 1.00 bits per heavy atom. The van der Waals surface area contributed by atoms with E-state index in [9.17, 15) is 4.79 Å². The standard InChI is InChI=1S/C28H27N3O3S/c1-19-6-5-9-20(12-19)10-11-31(28(35)29-16-21-7-3-2-4-8-21)17-23-13-22-14-25-26(34-18-33-25)15-24(22)30-27(23)32/h2-9,12-15H,10-11,16-18H2,1H3,(H,29,35)(H,30,32).